The Kier molecular flexibility index (Phi) is 4.35. The third-order valence-corrected chi connectivity index (χ3v) is 3.56. The van der Waals surface area contributed by atoms with Gasteiger partial charge in [0.15, 0.2) is 5.78 Å². The summed E-state index contributed by atoms with van der Waals surface area (Å²) in [7, 11) is 3.71. The van der Waals surface area contributed by atoms with Crippen molar-refractivity contribution < 1.29 is 9.18 Å². The summed E-state index contributed by atoms with van der Waals surface area (Å²) in [6.45, 7) is 2.16. The predicted octanol–water partition coefficient (Wildman–Crippen LogP) is 3.04. The smallest absolute Gasteiger partial charge is 0.178 e. The number of benzene rings is 1. The summed E-state index contributed by atoms with van der Waals surface area (Å²) in [5.41, 5.74) is 1.29. The molecular weight excluding hydrogens is 255 g/mol. The molecule has 0 amide bonds. The molecule has 0 radical (unpaired) electrons. The zero-order valence-electron chi connectivity index (χ0n) is 12.0. The van der Waals surface area contributed by atoms with Crippen molar-refractivity contribution in [1.82, 2.24) is 9.47 Å². The van der Waals surface area contributed by atoms with E-state index in [0.29, 0.717) is 11.1 Å². The van der Waals surface area contributed by atoms with E-state index in [4.69, 9.17) is 0 Å². The molecule has 0 saturated carbocycles. The second kappa shape index (κ2) is 6.01. The zero-order valence-corrected chi connectivity index (χ0v) is 12.0. The van der Waals surface area contributed by atoms with Gasteiger partial charge in [0.25, 0.3) is 0 Å². The summed E-state index contributed by atoms with van der Waals surface area (Å²) in [5, 5.41) is 0. The molecule has 1 atom stereocenters. The van der Waals surface area contributed by atoms with E-state index in [1.165, 1.54) is 6.07 Å². The molecule has 1 heterocycles. The molecule has 20 heavy (non-hydrogen) atoms. The Bertz CT molecular complexity index is 606. The van der Waals surface area contributed by atoms with Gasteiger partial charge in [-0.1, -0.05) is 18.2 Å². The van der Waals surface area contributed by atoms with Gasteiger partial charge in [-0.3, -0.25) is 9.69 Å². The first kappa shape index (κ1) is 14.5. The Morgan fingerprint density at radius 1 is 1.35 bits per heavy atom. The molecule has 4 heteroatoms. The van der Waals surface area contributed by atoms with Crippen molar-refractivity contribution in [3.05, 3.63) is 59.7 Å². The minimum Gasteiger partial charge on any atom is -0.357 e. The first-order valence-electron chi connectivity index (χ1n) is 6.59. The number of aromatic nitrogens is 1. The summed E-state index contributed by atoms with van der Waals surface area (Å²) in [6, 6.07) is 8.32. The van der Waals surface area contributed by atoms with Crippen LogP contribution < -0.4 is 0 Å². The third kappa shape index (κ3) is 3.14. The molecule has 1 aromatic carbocycles. The maximum Gasteiger partial charge on any atom is 0.178 e. The Morgan fingerprint density at radius 2 is 2.05 bits per heavy atom. The average molecular weight is 274 g/mol. The molecule has 1 aromatic heterocycles. The van der Waals surface area contributed by atoms with Gasteiger partial charge in [-0.15, -0.1) is 0 Å². The SMILES string of the molecule is CC(c1ccccc1F)N(C)CC(=O)c1ccn(C)c1. The highest BCUT2D eigenvalue weighted by Gasteiger charge is 2.18. The maximum absolute atomic E-state index is 13.7. The quantitative estimate of drug-likeness (QED) is 0.783. The van der Waals surface area contributed by atoms with Gasteiger partial charge in [0.2, 0.25) is 0 Å². The fraction of sp³-hybridized carbons (Fsp3) is 0.312. The number of hydrogen-bond donors (Lipinski definition) is 0. The molecular formula is C16H19FN2O. The lowest BCUT2D eigenvalue weighted by Crippen LogP contribution is -2.29. The van der Waals surface area contributed by atoms with Gasteiger partial charge in [-0.2, -0.15) is 0 Å². The number of carbonyl (C=O) groups is 1. The van der Waals surface area contributed by atoms with Gasteiger partial charge >= 0.3 is 0 Å². The number of rotatable bonds is 5. The Balaban J connectivity index is 2.06. The van der Waals surface area contributed by atoms with Crippen LogP contribution in [0.25, 0.3) is 0 Å². The summed E-state index contributed by atoms with van der Waals surface area (Å²) in [6.07, 6.45) is 3.64. The van der Waals surface area contributed by atoms with Crippen molar-refractivity contribution in [2.24, 2.45) is 7.05 Å². The molecule has 2 aromatic rings. The fourth-order valence-electron chi connectivity index (χ4n) is 2.17. The van der Waals surface area contributed by atoms with E-state index < -0.39 is 0 Å². The van der Waals surface area contributed by atoms with Crippen LogP contribution in [0.3, 0.4) is 0 Å². The molecule has 0 aliphatic rings. The number of carbonyl (C=O) groups excluding carboxylic acids is 1. The minimum atomic E-state index is -0.237. The number of Topliss-reactive ketones (excluding diaryl/α,β-unsaturated/α-hetero) is 1. The van der Waals surface area contributed by atoms with Crippen LogP contribution in [0.2, 0.25) is 0 Å². The van der Waals surface area contributed by atoms with Crippen molar-refractivity contribution >= 4 is 5.78 Å². The van der Waals surface area contributed by atoms with Gasteiger partial charge < -0.3 is 4.57 Å². The Labute approximate surface area is 118 Å². The van der Waals surface area contributed by atoms with Crippen LogP contribution in [0.5, 0.6) is 0 Å². The molecule has 0 aliphatic heterocycles. The average Bonchev–Trinajstić information content (AvgIpc) is 2.85. The summed E-state index contributed by atoms with van der Waals surface area (Å²) in [5.74, 6) is -0.199. The Hall–Kier alpha value is -1.94. The number of hydrogen-bond acceptors (Lipinski definition) is 2. The molecule has 2 rings (SSSR count). The van der Waals surface area contributed by atoms with Gasteiger partial charge in [0.1, 0.15) is 5.82 Å². The summed E-state index contributed by atoms with van der Waals surface area (Å²) >= 11 is 0. The predicted molar refractivity (Wildman–Crippen MR) is 77.2 cm³/mol. The van der Waals surface area contributed by atoms with Crippen LogP contribution in [0.1, 0.15) is 28.9 Å². The third-order valence-electron chi connectivity index (χ3n) is 3.56. The molecule has 106 valence electrons. The van der Waals surface area contributed by atoms with Crippen LogP contribution in [-0.4, -0.2) is 28.8 Å². The molecule has 0 saturated heterocycles. The Morgan fingerprint density at radius 3 is 2.65 bits per heavy atom. The topological polar surface area (TPSA) is 25.2 Å². The van der Waals surface area contributed by atoms with Crippen molar-refractivity contribution in [3.8, 4) is 0 Å². The fourth-order valence-corrected chi connectivity index (χ4v) is 2.17. The van der Waals surface area contributed by atoms with E-state index in [-0.39, 0.29) is 24.2 Å². The monoisotopic (exact) mass is 274 g/mol. The zero-order chi connectivity index (χ0) is 14.7. The molecule has 1 unspecified atom stereocenters. The number of likely N-dealkylation sites (N-methyl/N-ethyl adjacent to an activating group) is 1. The summed E-state index contributed by atoms with van der Waals surface area (Å²) < 4.78 is 15.6. The van der Waals surface area contributed by atoms with E-state index >= 15 is 0 Å². The molecule has 0 spiro atoms. The van der Waals surface area contributed by atoms with E-state index in [2.05, 4.69) is 0 Å². The second-order valence-electron chi connectivity index (χ2n) is 5.10. The van der Waals surface area contributed by atoms with E-state index in [9.17, 15) is 9.18 Å². The van der Waals surface area contributed by atoms with Crippen molar-refractivity contribution in [2.45, 2.75) is 13.0 Å². The number of halogens is 1. The lowest BCUT2D eigenvalue weighted by Gasteiger charge is -2.24. The lowest BCUT2D eigenvalue weighted by atomic mass is 10.1. The van der Waals surface area contributed by atoms with Crippen molar-refractivity contribution in [1.29, 1.82) is 0 Å². The van der Waals surface area contributed by atoms with Crippen LogP contribution in [0, 0.1) is 5.82 Å². The standard InChI is InChI=1S/C16H19FN2O/c1-12(14-6-4-5-7-15(14)17)19(3)11-16(20)13-8-9-18(2)10-13/h4-10,12H,11H2,1-3H3. The normalized spacial score (nSPS) is 12.7. The molecule has 0 aliphatic carbocycles. The number of aryl methyl sites for hydroxylation is 1. The van der Waals surface area contributed by atoms with E-state index in [1.54, 1.807) is 24.4 Å². The van der Waals surface area contributed by atoms with Crippen LogP contribution in [-0.2, 0) is 7.05 Å². The largest absolute Gasteiger partial charge is 0.357 e. The molecule has 0 N–H and O–H groups in total. The highest BCUT2D eigenvalue weighted by molar-refractivity contribution is 5.97. The molecule has 0 fully saturated rings. The highest BCUT2D eigenvalue weighted by Crippen LogP contribution is 2.21. The van der Waals surface area contributed by atoms with Crippen molar-refractivity contribution in [2.75, 3.05) is 13.6 Å². The molecule has 3 nitrogen and oxygen atoms in total. The number of nitrogens with zero attached hydrogens (tertiary/aromatic N) is 2. The lowest BCUT2D eigenvalue weighted by molar-refractivity contribution is 0.0923. The van der Waals surface area contributed by atoms with Gasteiger partial charge in [0.05, 0.1) is 6.54 Å². The minimum absolute atomic E-state index is 0.0382. The van der Waals surface area contributed by atoms with Crippen LogP contribution >= 0.6 is 0 Å². The summed E-state index contributed by atoms with van der Waals surface area (Å²) in [4.78, 5) is 14.0. The van der Waals surface area contributed by atoms with E-state index in [0.717, 1.165) is 0 Å². The van der Waals surface area contributed by atoms with Gasteiger partial charge in [-0.05, 0) is 26.1 Å². The number of ketones is 1. The maximum atomic E-state index is 13.7. The van der Waals surface area contributed by atoms with Crippen molar-refractivity contribution in [3.63, 3.8) is 0 Å². The molecule has 0 bridgehead atoms. The van der Waals surface area contributed by atoms with Gasteiger partial charge in [-0.25, -0.2) is 4.39 Å². The van der Waals surface area contributed by atoms with E-state index in [1.807, 2.05) is 42.7 Å². The first-order valence-corrected chi connectivity index (χ1v) is 6.59. The first-order chi connectivity index (χ1) is 9.49. The van der Waals surface area contributed by atoms with Crippen LogP contribution in [0.15, 0.2) is 42.7 Å². The highest BCUT2D eigenvalue weighted by atomic mass is 19.1. The van der Waals surface area contributed by atoms with Gasteiger partial charge in [0, 0.05) is 36.6 Å². The second-order valence-corrected chi connectivity index (χ2v) is 5.10. The van der Waals surface area contributed by atoms with Crippen LogP contribution in [0.4, 0.5) is 4.39 Å².